The number of hydrogen-bond donors (Lipinski definition) is 0. The van der Waals surface area contributed by atoms with Crippen LogP contribution in [-0.4, -0.2) is 21.3 Å². The van der Waals surface area contributed by atoms with Crippen LogP contribution in [0.4, 0.5) is 0 Å². The zero-order valence-corrected chi connectivity index (χ0v) is 10.8. The number of hydrogen-bond acceptors (Lipinski definition) is 3. The molecule has 0 spiro atoms. The van der Waals surface area contributed by atoms with Crippen molar-refractivity contribution in [3.05, 3.63) is 42.5 Å². The highest BCUT2D eigenvalue weighted by Gasteiger charge is 2.08. The maximum absolute atomic E-state index is 5.39. The first-order chi connectivity index (χ1) is 8.78. The van der Waals surface area contributed by atoms with E-state index in [1.54, 1.807) is 21.3 Å². The van der Waals surface area contributed by atoms with Crippen molar-refractivity contribution in [1.82, 2.24) is 0 Å². The summed E-state index contributed by atoms with van der Waals surface area (Å²) in [4.78, 5) is 0. The molecule has 2 aromatic carbocycles. The first-order valence-electron chi connectivity index (χ1n) is 5.65. The lowest BCUT2D eigenvalue weighted by Gasteiger charge is -2.11. The van der Waals surface area contributed by atoms with Crippen LogP contribution in [0.1, 0.15) is 0 Å². The van der Waals surface area contributed by atoms with Crippen molar-refractivity contribution in [2.45, 2.75) is 0 Å². The first kappa shape index (κ1) is 12.3. The first-order valence-corrected chi connectivity index (χ1v) is 5.65. The quantitative estimate of drug-likeness (QED) is 0.825. The van der Waals surface area contributed by atoms with Gasteiger partial charge >= 0.3 is 0 Å². The Morgan fingerprint density at radius 1 is 0.722 bits per heavy atom. The third-order valence-electron chi connectivity index (χ3n) is 2.79. The molecule has 0 aromatic heterocycles. The van der Waals surface area contributed by atoms with Gasteiger partial charge in [0.25, 0.3) is 0 Å². The van der Waals surface area contributed by atoms with Crippen LogP contribution in [0.15, 0.2) is 42.5 Å². The Morgan fingerprint density at radius 2 is 1.44 bits per heavy atom. The second-order valence-electron chi connectivity index (χ2n) is 3.80. The Hall–Kier alpha value is -2.16. The predicted octanol–water partition coefficient (Wildman–Crippen LogP) is 3.38. The molecule has 2 aromatic rings. The van der Waals surface area contributed by atoms with E-state index < -0.39 is 0 Å². The maximum Gasteiger partial charge on any atom is 0.130 e. The van der Waals surface area contributed by atoms with E-state index in [1.165, 1.54) is 0 Å². The SMILES string of the molecule is COc1cccc(-c2ccc(OC)cc2OC)c1. The van der Waals surface area contributed by atoms with Gasteiger partial charge < -0.3 is 14.2 Å². The van der Waals surface area contributed by atoms with Gasteiger partial charge in [0.2, 0.25) is 0 Å². The molecule has 94 valence electrons. The molecule has 3 nitrogen and oxygen atoms in total. The second-order valence-corrected chi connectivity index (χ2v) is 3.80. The lowest BCUT2D eigenvalue weighted by Crippen LogP contribution is -1.91. The van der Waals surface area contributed by atoms with Gasteiger partial charge in [0.05, 0.1) is 21.3 Å². The highest BCUT2D eigenvalue weighted by Crippen LogP contribution is 2.34. The largest absolute Gasteiger partial charge is 0.497 e. The third-order valence-corrected chi connectivity index (χ3v) is 2.79. The van der Waals surface area contributed by atoms with Gasteiger partial charge in [-0.15, -0.1) is 0 Å². The Balaban J connectivity index is 2.48. The fraction of sp³-hybridized carbons (Fsp3) is 0.200. The van der Waals surface area contributed by atoms with E-state index in [0.29, 0.717) is 0 Å². The molecule has 0 unspecified atom stereocenters. The molecule has 2 rings (SSSR count). The van der Waals surface area contributed by atoms with E-state index in [4.69, 9.17) is 14.2 Å². The monoisotopic (exact) mass is 244 g/mol. The Kier molecular flexibility index (Phi) is 3.72. The molecule has 0 aliphatic heterocycles. The summed E-state index contributed by atoms with van der Waals surface area (Å²) in [5.41, 5.74) is 2.06. The fourth-order valence-electron chi connectivity index (χ4n) is 1.83. The van der Waals surface area contributed by atoms with E-state index in [9.17, 15) is 0 Å². The number of benzene rings is 2. The molecular weight excluding hydrogens is 228 g/mol. The average molecular weight is 244 g/mol. The van der Waals surface area contributed by atoms with Crippen LogP contribution in [-0.2, 0) is 0 Å². The predicted molar refractivity (Wildman–Crippen MR) is 71.5 cm³/mol. The lowest BCUT2D eigenvalue weighted by molar-refractivity contribution is 0.395. The highest BCUT2D eigenvalue weighted by molar-refractivity contribution is 5.72. The summed E-state index contributed by atoms with van der Waals surface area (Å²) in [5, 5.41) is 0. The molecule has 0 saturated heterocycles. The van der Waals surface area contributed by atoms with Gasteiger partial charge in [-0.25, -0.2) is 0 Å². The van der Waals surface area contributed by atoms with Gasteiger partial charge in [0.1, 0.15) is 17.2 Å². The van der Waals surface area contributed by atoms with Crippen LogP contribution in [0.25, 0.3) is 11.1 Å². The molecule has 0 radical (unpaired) electrons. The molecule has 0 aliphatic carbocycles. The second kappa shape index (κ2) is 5.45. The van der Waals surface area contributed by atoms with E-state index in [1.807, 2.05) is 42.5 Å². The van der Waals surface area contributed by atoms with Crippen LogP contribution < -0.4 is 14.2 Å². The van der Waals surface area contributed by atoms with E-state index in [2.05, 4.69) is 0 Å². The topological polar surface area (TPSA) is 27.7 Å². The van der Waals surface area contributed by atoms with Crippen molar-refractivity contribution < 1.29 is 14.2 Å². The smallest absolute Gasteiger partial charge is 0.130 e. The third kappa shape index (κ3) is 2.40. The van der Waals surface area contributed by atoms with Gasteiger partial charge in [-0.3, -0.25) is 0 Å². The lowest BCUT2D eigenvalue weighted by atomic mass is 10.0. The fourth-order valence-corrected chi connectivity index (χ4v) is 1.83. The normalized spacial score (nSPS) is 9.94. The number of methoxy groups -OCH3 is 3. The van der Waals surface area contributed by atoms with E-state index >= 15 is 0 Å². The Bertz CT molecular complexity index is 535. The maximum atomic E-state index is 5.39. The molecule has 0 amide bonds. The van der Waals surface area contributed by atoms with Gasteiger partial charge in [-0.2, -0.15) is 0 Å². The van der Waals surface area contributed by atoms with E-state index in [-0.39, 0.29) is 0 Å². The molecule has 0 bridgehead atoms. The summed E-state index contributed by atoms with van der Waals surface area (Å²) < 4.78 is 15.8. The Morgan fingerprint density at radius 3 is 2.11 bits per heavy atom. The molecule has 3 heteroatoms. The van der Waals surface area contributed by atoms with Crippen LogP contribution in [0.3, 0.4) is 0 Å². The van der Waals surface area contributed by atoms with Crippen molar-refractivity contribution in [3.8, 4) is 28.4 Å². The summed E-state index contributed by atoms with van der Waals surface area (Å²) >= 11 is 0. The minimum absolute atomic E-state index is 0.776. The summed E-state index contributed by atoms with van der Waals surface area (Å²) in [6.45, 7) is 0. The minimum atomic E-state index is 0.776. The van der Waals surface area contributed by atoms with Crippen molar-refractivity contribution >= 4 is 0 Å². The zero-order chi connectivity index (χ0) is 13.0. The standard InChI is InChI=1S/C15H16O3/c1-16-12-6-4-5-11(9-12)14-8-7-13(17-2)10-15(14)18-3/h4-10H,1-3H3. The van der Waals surface area contributed by atoms with Crippen molar-refractivity contribution in [2.24, 2.45) is 0 Å². The summed E-state index contributed by atoms with van der Waals surface area (Å²) in [6, 6.07) is 13.6. The summed E-state index contributed by atoms with van der Waals surface area (Å²) in [7, 11) is 4.95. The molecule has 0 atom stereocenters. The van der Waals surface area contributed by atoms with Crippen LogP contribution in [0, 0.1) is 0 Å². The molecular formula is C15H16O3. The Labute approximate surface area is 107 Å². The number of rotatable bonds is 4. The molecule has 0 heterocycles. The van der Waals surface area contributed by atoms with Crippen LogP contribution in [0.2, 0.25) is 0 Å². The number of ether oxygens (including phenoxy) is 3. The summed E-state index contributed by atoms with van der Waals surface area (Å²) in [6.07, 6.45) is 0. The van der Waals surface area contributed by atoms with Crippen molar-refractivity contribution in [1.29, 1.82) is 0 Å². The molecule has 18 heavy (non-hydrogen) atoms. The van der Waals surface area contributed by atoms with Gasteiger partial charge in [0.15, 0.2) is 0 Å². The average Bonchev–Trinajstić information content (AvgIpc) is 2.46. The highest BCUT2D eigenvalue weighted by atomic mass is 16.5. The van der Waals surface area contributed by atoms with Gasteiger partial charge in [-0.1, -0.05) is 12.1 Å². The van der Waals surface area contributed by atoms with Crippen LogP contribution >= 0.6 is 0 Å². The molecule has 0 aliphatic rings. The van der Waals surface area contributed by atoms with E-state index in [0.717, 1.165) is 28.4 Å². The minimum Gasteiger partial charge on any atom is -0.497 e. The molecule has 0 fully saturated rings. The summed E-state index contributed by atoms with van der Waals surface area (Å²) in [5.74, 6) is 2.38. The molecule has 0 N–H and O–H groups in total. The van der Waals surface area contributed by atoms with Gasteiger partial charge in [-0.05, 0) is 29.8 Å². The van der Waals surface area contributed by atoms with Crippen LogP contribution in [0.5, 0.6) is 17.2 Å². The van der Waals surface area contributed by atoms with Gasteiger partial charge in [0, 0.05) is 11.6 Å². The zero-order valence-electron chi connectivity index (χ0n) is 10.8. The van der Waals surface area contributed by atoms with Crippen molar-refractivity contribution in [2.75, 3.05) is 21.3 Å². The van der Waals surface area contributed by atoms with Crippen molar-refractivity contribution in [3.63, 3.8) is 0 Å². The molecule has 0 saturated carbocycles.